The molecule has 0 saturated carbocycles. The van der Waals surface area contributed by atoms with Crippen molar-refractivity contribution in [2.75, 3.05) is 19.7 Å². The highest BCUT2D eigenvalue weighted by Crippen LogP contribution is 2.20. The molecule has 1 fully saturated rings. The topological polar surface area (TPSA) is 51.5 Å². The van der Waals surface area contributed by atoms with Crippen LogP contribution in [0.15, 0.2) is 47.3 Å². The highest BCUT2D eigenvalue weighted by Gasteiger charge is 2.24. The fourth-order valence-corrected chi connectivity index (χ4v) is 3.45. The van der Waals surface area contributed by atoms with Crippen molar-refractivity contribution in [3.63, 3.8) is 0 Å². The minimum atomic E-state index is -0.287. The van der Waals surface area contributed by atoms with Gasteiger partial charge in [0.05, 0.1) is 6.61 Å². The van der Waals surface area contributed by atoms with Gasteiger partial charge in [-0.25, -0.2) is 4.39 Å². The van der Waals surface area contributed by atoms with Gasteiger partial charge < -0.3 is 14.2 Å². The number of nitrogens with zero attached hydrogens (tertiary/aromatic N) is 2. The van der Waals surface area contributed by atoms with E-state index in [2.05, 4.69) is 0 Å². The van der Waals surface area contributed by atoms with Crippen LogP contribution >= 0.6 is 0 Å². The highest BCUT2D eigenvalue weighted by molar-refractivity contribution is 5.76. The Kier molecular flexibility index (Phi) is 6.27. The number of aromatic nitrogens is 1. The molecule has 0 N–H and O–H groups in total. The van der Waals surface area contributed by atoms with Gasteiger partial charge in [-0.2, -0.15) is 0 Å². The average molecular weight is 372 g/mol. The molecule has 2 heterocycles. The van der Waals surface area contributed by atoms with Gasteiger partial charge >= 0.3 is 0 Å². The van der Waals surface area contributed by atoms with Gasteiger partial charge in [0, 0.05) is 43.7 Å². The first-order valence-corrected chi connectivity index (χ1v) is 9.35. The number of benzene rings is 1. The summed E-state index contributed by atoms with van der Waals surface area (Å²) in [5.41, 5.74) is 0.784. The van der Waals surface area contributed by atoms with Crippen LogP contribution in [-0.4, -0.2) is 35.1 Å². The number of rotatable bonds is 6. The fraction of sp³-hybridized carbons (Fsp3) is 0.429. The van der Waals surface area contributed by atoms with Crippen molar-refractivity contribution >= 4 is 5.91 Å². The molecule has 1 aromatic carbocycles. The molecule has 6 heteroatoms. The normalized spacial score (nSPS) is 17.0. The molecule has 1 atom stereocenters. The Bertz CT molecular complexity index is 832. The van der Waals surface area contributed by atoms with E-state index in [1.54, 1.807) is 22.8 Å². The van der Waals surface area contributed by atoms with E-state index in [1.807, 2.05) is 17.9 Å². The predicted octanol–water partition coefficient (Wildman–Crippen LogP) is 3.00. The summed E-state index contributed by atoms with van der Waals surface area (Å²) in [6.07, 6.45) is 2.26. The number of amides is 1. The third-order valence-corrected chi connectivity index (χ3v) is 4.99. The Labute approximate surface area is 158 Å². The maximum atomic E-state index is 12.9. The predicted molar refractivity (Wildman–Crippen MR) is 101 cm³/mol. The summed E-state index contributed by atoms with van der Waals surface area (Å²) < 4.78 is 20.3. The zero-order valence-corrected chi connectivity index (χ0v) is 15.6. The van der Waals surface area contributed by atoms with Crippen molar-refractivity contribution < 1.29 is 13.9 Å². The number of hydrogen-bond acceptors (Lipinski definition) is 3. The Balaban J connectivity index is 1.50. The molecule has 27 heavy (non-hydrogen) atoms. The number of carbonyl (C=O) groups excluding carboxylic acids is 1. The lowest BCUT2D eigenvalue weighted by atomic mass is 9.98. The minimum absolute atomic E-state index is 0.0663. The third-order valence-electron chi connectivity index (χ3n) is 4.99. The first kappa shape index (κ1) is 19.1. The Morgan fingerprint density at radius 3 is 2.74 bits per heavy atom. The average Bonchev–Trinajstić information content (AvgIpc) is 2.67. The van der Waals surface area contributed by atoms with Crippen LogP contribution in [0.3, 0.4) is 0 Å². The van der Waals surface area contributed by atoms with Crippen molar-refractivity contribution in [1.29, 1.82) is 0 Å². The molecule has 3 rings (SSSR count). The first-order valence-electron chi connectivity index (χ1n) is 9.35. The first-order chi connectivity index (χ1) is 13.0. The van der Waals surface area contributed by atoms with E-state index in [-0.39, 0.29) is 23.2 Å². The number of likely N-dealkylation sites (tertiary alicyclic amines) is 1. The SMILES string of the molecule is Cc1cccc(=O)n1CCC(=O)N1CCC[C@H](COc2ccc(F)cc2)C1. The number of carbonyl (C=O) groups is 1. The molecule has 1 amide bonds. The number of ether oxygens (including phenoxy) is 1. The second-order valence-electron chi connectivity index (χ2n) is 7.02. The van der Waals surface area contributed by atoms with Gasteiger partial charge in [-0.1, -0.05) is 6.07 Å². The van der Waals surface area contributed by atoms with Crippen LogP contribution in [0.1, 0.15) is 25.0 Å². The molecule has 2 aromatic rings. The van der Waals surface area contributed by atoms with E-state index in [1.165, 1.54) is 18.2 Å². The summed E-state index contributed by atoms with van der Waals surface area (Å²) in [7, 11) is 0. The Hall–Kier alpha value is -2.63. The summed E-state index contributed by atoms with van der Waals surface area (Å²) in [6.45, 7) is 4.18. The van der Waals surface area contributed by atoms with E-state index in [9.17, 15) is 14.0 Å². The van der Waals surface area contributed by atoms with Gasteiger partial charge in [0.1, 0.15) is 11.6 Å². The van der Waals surface area contributed by atoms with Crippen molar-refractivity contribution in [3.8, 4) is 5.75 Å². The number of aryl methyl sites for hydroxylation is 1. The molecule has 0 bridgehead atoms. The number of hydrogen-bond donors (Lipinski definition) is 0. The molecule has 144 valence electrons. The van der Waals surface area contributed by atoms with Crippen LogP contribution in [0, 0.1) is 18.7 Å². The maximum absolute atomic E-state index is 12.9. The minimum Gasteiger partial charge on any atom is -0.493 e. The van der Waals surface area contributed by atoms with Crippen molar-refractivity contribution in [1.82, 2.24) is 9.47 Å². The van der Waals surface area contributed by atoms with Gasteiger partial charge in [0.25, 0.3) is 5.56 Å². The van der Waals surface area contributed by atoms with Crippen LogP contribution in [0.5, 0.6) is 5.75 Å². The quantitative estimate of drug-likeness (QED) is 0.783. The molecule has 0 radical (unpaired) electrons. The van der Waals surface area contributed by atoms with E-state index in [0.29, 0.717) is 31.9 Å². The van der Waals surface area contributed by atoms with Crippen LogP contribution in [0.25, 0.3) is 0 Å². The zero-order valence-electron chi connectivity index (χ0n) is 15.6. The molecular weight excluding hydrogens is 347 g/mol. The number of pyridine rings is 1. The standard InChI is InChI=1S/C21H25FN2O3/c1-16-4-2-6-21(26)24(16)13-11-20(25)23-12-3-5-17(14-23)15-27-19-9-7-18(22)8-10-19/h2,4,6-10,17H,3,5,11-15H2,1H3/t17-/m0/s1. The summed E-state index contributed by atoms with van der Waals surface area (Å²) in [4.78, 5) is 26.4. The monoisotopic (exact) mass is 372 g/mol. The second kappa shape index (κ2) is 8.84. The van der Waals surface area contributed by atoms with Crippen LogP contribution < -0.4 is 10.3 Å². The van der Waals surface area contributed by atoms with Gasteiger partial charge in [-0.05, 0) is 50.1 Å². The maximum Gasteiger partial charge on any atom is 0.250 e. The van der Waals surface area contributed by atoms with Crippen molar-refractivity contribution in [2.24, 2.45) is 5.92 Å². The van der Waals surface area contributed by atoms with Gasteiger partial charge in [0.15, 0.2) is 0 Å². The molecular formula is C21H25FN2O3. The van der Waals surface area contributed by atoms with E-state index < -0.39 is 0 Å². The largest absolute Gasteiger partial charge is 0.493 e. The molecule has 0 aliphatic carbocycles. The van der Waals surface area contributed by atoms with Gasteiger partial charge in [-0.3, -0.25) is 9.59 Å². The lowest BCUT2D eigenvalue weighted by molar-refractivity contribution is -0.133. The van der Waals surface area contributed by atoms with Gasteiger partial charge in [-0.15, -0.1) is 0 Å². The van der Waals surface area contributed by atoms with Crippen LogP contribution in [-0.2, 0) is 11.3 Å². The number of piperidine rings is 1. The van der Waals surface area contributed by atoms with Crippen molar-refractivity contribution in [3.05, 3.63) is 64.3 Å². The molecule has 1 saturated heterocycles. The van der Waals surface area contributed by atoms with E-state index >= 15 is 0 Å². The molecule has 1 aliphatic rings. The van der Waals surface area contributed by atoms with Crippen LogP contribution in [0.4, 0.5) is 4.39 Å². The molecule has 1 aromatic heterocycles. The fourth-order valence-electron chi connectivity index (χ4n) is 3.45. The summed E-state index contributed by atoms with van der Waals surface area (Å²) in [6, 6.07) is 11.1. The van der Waals surface area contributed by atoms with Crippen molar-refractivity contribution in [2.45, 2.75) is 32.7 Å². The second-order valence-corrected chi connectivity index (χ2v) is 7.02. The summed E-state index contributed by atoms with van der Waals surface area (Å²) in [5, 5.41) is 0. The lowest BCUT2D eigenvalue weighted by Gasteiger charge is -2.33. The third kappa shape index (κ3) is 5.18. The Morgan fingerprint density at radius 1 is 1.22 bits per heavy atom. The summed E-state index contributed by atoms with van der Waals surface area (Å²) >= 11 is 0. The smallest absolute Gasteiger partial charge is 0.250 e. The lowest BCUT2D eigenvalue weighted by Crippen LogP contribution is -2.42. The molecule has 0 unspecified atom stereocenters. The van der Waals surface area contributed by atoms with Crippen LogP contribution in [0.2, 0.25) is 0 Å². The zero-order chi connectivity index (χ0) is 19.2. The summed E-state index contributed by atoms with van der Waals surface area (Å²) in [5.74, 6) is 0.675. The van der Waals surface area contributed by atoms with E-state index in [0.717, 1.165) is 25.1 Å². The van der Waals surface area contributed by atoms with E-state index in [4.69, 9.17) is 4.74 Å². The van der Waals surface area contributed by atoms with Gasteiger partial charge in [0.2, 0.25) is 5.91 Å². The highest BCUT2D eigenvalue weighted by atomic mass is 19.1. The molecule has 5 nitrogen and oxygen atoms in total. The molecule has 0 spiro atoms. The number of halogens is 1. The molecule has 1 aliphatic heterocycles. The Morgan fingerprint density at radius 2 is 2.00 bits per heavy atom.